The highest BCUT2D eigenvalue weighted by molar-refractivity contribution is 6.05. The number of halogens is 1. The number of fused-ring (bicyclic) bond motifs is 1. The zero-order valence-corrected chi connectivity index (χ0v) is 17.7. The molecule has 8 nitrogen and oxygen atoms in total. The summed E-state index contributed by atoms with van der Waals surface area (Å²) in [5, 5.41) is 1.63. The smallest absolute Gasteiger partial charge is 0.255 e. The predicted octanol–water partition coefficient (Wildman–Crippen LogP) is 2.00. The number of nitrogens with one attached hydrogen (secondary N) is 1. The molecule has 2 aromatic carbocycles. The van der Waals surface area contributed by atoms with Crippen LogP contribution in [0.4, 0.5) is 4.39 Å². The van der Waals surface area contributed by atoms with Gasteiger partial charge in [0.15, 0.2) is 0 Å². The molecular weight excluding hydrogens is 441 g/mol. The van der Waals surface area contributed by atoms with Gasteiger partial charge in [-0.1, -0.05) is 12.1 Å². The Bertz CT molecular complexity index is 1550. The summed E-state index contributed by atoms with van der Waals surface area (Å²) in [6.07, 6.45) is -6.74. The van der Waals surface area contributed by atoms with E-state index in [0.717, 1.165) is 30.3 Å². The highest BCUT2D eigenvalue weighted by atomic mass is 19.1. The molecule has 3 amide bonds. The number of carbonyl (C=O) groups is 3. The molecule has 178 valence electrons. The number of amides is 3. The number of imide groups is 1. The van der Waals surface area contributed by atoms with E-state index >= 15 is 4.39 Å². The van der Waals surface area contributed by atoms with Crippen LogP contribution in [0.1, 0.15) is 53.5 Å². The van der Waals surface area contributed by atoms with Crippen molar-refractivity contribution in [2.75, 3.05) is 26.3 Å². The molecule has 0 aliphatic carbocycles. The van der Waals surface area contributed by atoms with Crippen molar-refractivity contribution in [1.29, 1.82) is 0 Å². The lowest BCUT2D eigenvalue weighted by Gasteiger charge is -2.29. The number of hydrogen-bond donors (Lipinski definition) is 1. The Balaban J connectivity index is 1.53. The van der Waals surface area contributed by atoms with Crippen LogP contribution in [0.15, 0.2) is 36.4 Å². The van der Waals surface area contributed by atoms with Gasteiger partial charge in [-0.3, -0.25) is 24.6 Å². The molecule has 2 fully saturated rings. The van der Waals surface area contributed by atoms with Gasteiger partial charge in [0.1, 0.15) is 24.2 Å². The third-order valence-corrected chi connectivity index (χ3v) is 5.31. The summed E-state index contributed by atoms with van der Waals surface area (Å²) in [6, 6.07) is 3.86. The van der Waals surface area contributed by atoms with Gasteiger partial charge in [-0.2, -0.15) is 0 Å². The number of ether oxygens (including phenoxy) is 2. The van der Waals surface area contributed by atoms with Crippen molar-refractivity contribution < 1.29 is 42.0 Å². The zero-order chi connectivity index (χ0) is 32.6. The number of nitrogens with zero attached hydrogens (tertiary/aromatic N) is 2. The van der Waals surface area contributed by atoms with E-state index in [-0.39, 0.29) is 36.8 Å². The molecule has 0 aromatic heterocycles. The monoisotopic (exact) mass is 477 g/mol. The van der Waals surface area contributed by atoms with Gasteiger partial charge < -0.3 is 14.4 Å². The Labute approximate surface area is 210 Å². The Hall–Kier alpha value is -3.30. The summed E-state index contributed by atoms with van der Waals surface area (Å²) in [4.78, 5) is 39.8. The lowest BCUT2D eigenvalue weighted by Crippen LogP contribution is -2.52. The second kappa shape index (κ2) is 9.52. The first-order valence-electron chi connectivity index (χ1n) is 15.4. The Morgan fingerprint density at radius 3 is 2.85 bits per heavy atom. The van der Waals surface area contributed by atoms with Crippen molar-refractivity contribution in [3.63, 3.8) is 0 Å². The number of piperidine rings is 1. The summed E-state index contributed by atoms with van der Waals surface area (Å²) in [5.41, 5.74) is -1.94. The van der Waals surface area contributed by atoms with Crippen LogP contribution in [0, 0.1) is 5.82 Å². The lowest BCUT2D eigenvalue weighted by molar-refractivity contribution is -0.136. The lowest BCUT2D eigenvalue weighted by atomic mass is 10.0. The van der Waals surface area contributed by atoms with Crippen molar-refractivity contribution in [3.8, 4) is 5.75 Å². The quantitative estimate of drug-likeness (QED) is 0.641. The van der Waals surface area contributed by atoms with E-state index in [1.807, 2.05) is 0 Å². The van der Waals surface area contributed by atoms with Gasteiger partial charge in [0.05, 0.1) is 25.2 Å². The third-order valence-electron chi connectivity index (χ3n) is 5.31. The zero-order valence-electron chi connectivity index (χ0n) is 27.7. The standard InChI is InChI=1S/C25H26FN3O5/c26-20-5-4-16(13-28-8-10-33-11-9-28)12-17(20)15-34-22-3-1-2-18-19(22)14-29(25(18)32)21-6-7-23(30)27-24(21)31/h1-5,12,21H,6-11,13-15H2,(H,27,30,31)/i6D2,7D2,13D2,14D2,15D2. The minimum Gasteiger partial charge on any atom is -0.488 e. The fourth-order valence-electron chi connectivity index (χ4n) is 3.63. The summed E-state index contributed by atoms with van der Waals surface area (Å²) in [7, 11) is 0. The predicted molar refractivity (Wildman–Crippen MR) is 119 cm³/mol. The van der Waals surface area contributed by atoms with Gasteiger partial charge >= 0.3 is 0 Å². The van der Waals surface area contributed by atoms with Crippen LogP contribution < -0.4 is 10.1 Å². The largest absolute Gasteiger partial charge is 0.488 e. The molecule has 3 aliphatic rings. The van der Waals surface area contributed by atoms with Crippen molar-refractivity contribution in [3.05, 3.63) is 64.5 Å². The van der Waals surface area contributed by atoms with E-state index in [1.54, 1.807) is 5.32 Å². The van der Waals surface area contributed by atoms with Crippen LogP contribution >= 0.6 is 0 Å². The topological polar surface area (TPSA) is 88.2 Å². The average molecular weight is 478 g/mol. The van der Waals surface area contributed by atoms with Crippen LogP contribution in [0.3, 0.4) is 0 Å². The summed E-state index contributed by atoms with van der Waals surface area (Å²) >= 11 is 0. The maximum atomic E-state index is 15.1. The molecule has 1 unspecified atom stereocenters. The highest BCUT2D eigenvalue weighted by Crippen LogP contribution is 2.34. The first-order chi connectivity index (χ1) is 20.3. The molecule has 1 N–H and O–H groups in total. The average Bonchev–Trinajstić information content (AvgIpc) is 3.14. The first-order valence-corrected chi connectivity index (χ1v) is 10.4. The van der Waals surface area contributed by atoms with Crippen molar-refractivity contribution in [2.45, 2.75) is 38.3 Å². The number of hydrogen-bond acceptors (Lipinski definition) is 6. The van der Waals surface area contributed by atoms with Crippen LogP contribution in [0.25, 0.3) is 0 Å². The van der Waals surface area contributed by atoms with Gasteiger partial charge in [0.2, 0.25) is 11.8 Å². The Morgan fingerprint density at radius 1 is 1.21 bits per heavy atom. The summed E-state index contributed by atoms with van der Waals surface area (Å²) in [5.74, 6) is -6.06. The van der Waals surface area contributed by atoms with E-state index in [0.29, 0.717) is 0 Å². The van der Waals surface area contributed by atoms with Gasteiger partial charge in [-0.25, -0.2) is 4.39 Å². The summed E-state index contributed by atoms with van der Waals surface area (Å²) in [6.45, 7) is -7.36. The fraction of sp³-hybridized carbons (Fsp3) is 0.400. The highest BCUT2D eigenvalue weighted by Gasteiger charge is 2.40. The normalized spacial score (nSPS) is 30.6. The number of morpholine rings is 1. The van der Waals surface area contributed by atoms with Crippen LogP contribution in [-0.4, -0.2) is 59.9 Å². The molecule has 0 radical (unpaired) electrons. The minimum absolute atomic E-state index is 0.0902. The molecule has 0 spiro atoms. The number of benzene rings is 2. The SMILES string of the molecule is [2H]C([2H])(Oc1cccc2c1C([2H])([2H])N(C1C(=O)NC(=O)C([2H])([2H])C1([2H])[2H])C2=O)c1cc(C([2H])([2H])N2CCOCC2)ccc1F. The van der Waals surface area contributed by atoms with Gasteiger partial charge in [0.25, 0.3) is 5.91 Å². The maximum Gasteiger partial charge on any atom is 0.255 e. The van der Waals surface area contributed by atoms with Crippen LogP contribution in [0.2, 0.25) is 0 Å². The van der Waals surface area contributed by atoms with Gasteiger partial charge in [-0.15, -0.1) is 0 Å². The van der Waals surface area contributed by atoms with E-state index in [9.17, 15) is 14.4 Å². The second-order valence-corrected chi connectivity index (χ2v) is 7.57. The van der Waals surface area contributed by atoms with E-state index in [4.69, 9.17) is 23.2 Å². The van der Waals surface area contributed by atoms with Crippen molar-refractivity contribution >= 4 is 17.7 Å². The van der Waals surface area contributed by atoms with Crippen LogP contribution in [0.5, 0.6) is 5.75 Å². The van der Waals surface area contributed by atoms with Crippen molar-refractivity contribution in [2.24, 2.45) is 0 Å². The summed E-state index contributed by atoms with van der Waals surface area (Å²) < 4.78 is 110. The number of rotatable bonds is 6. The first kappa shape index (κ1) is 13.6. The molecule has 2 aromatic rings. The second-order valence-electron chi connectivity index (χ2n) is 7.57. The molecular formula is C25H26FN3O5. The Kier molecular flexibility index (Phi) is 3.79. The fourth-order valence-corrected chi connectivity index (χ4v) is 3.63. The molecule has 1 atom stereocenters. The van der Waals surface area contributed by atoms with Crippen LogP contribution in [-0.2, 0) is 33.9 Å². The van der Waals surface area contributed by atoms with Crippen molar-refractivity contribution in [1.82, 2.24) is 15.1 Å². The van der Waals surface area contributed by atoms with E-state index in [2.05, 4.69) is 0 Å². The maximum absolute atomic E-state index is 15.1. The molecule has 3 aliphatic heterocycles. The molecule has 5 rings (SSSR count). The third kappa shape index (κ3) is 4.53. The molecule has 2 saturated heterocycles. The number of carbonyl (C=O) groups excluding carboxylic acids is 3. The van der Waals surface area contributed by atoms with Gasteiger partial charge in [-0.05, 0) is 36.2 Å². The molecule has 3 heterocycles. The molecule has 0 bridgehead atoms. The van der Waals surface area contributed by atoms with E-state index < -0.39 is 84.3 Å². The molecule has 34 heavy (non-hydrogen) atoms. The molecule has 0 saturated carbocycles. The molecule has 9 heteroatoms. The minimum atomic E-state index is -3.39. The van der Waals surface area contributed by atoms with E-state index in [1.165, 1.54) is 11.0 Å². The van der Waals surface area contributed by atoms with Gasteiger partial charge in [0, 0.05) is 50.9 Å². The Morgan fingerprint density at radius 2 is 2.03 bits per heavy atom.